The van der Waals surface area contributed by atoms with Gasteiger partial charge in [-0.25, -0.2) is 0 Å². The van der Waals surface area contributed by atoms with Crippen LogP contribution in [0.1, 0.15) is 48.8 Å². The first-order valence-corrected chi connectivity index (χ1v) is 12.9. The van der Waals surface area contributed by atoms with Crippen LogP contribution in [0, 0.1) is 0 Å². The second-order valence-corrected chi connectivity index (χ2v) is 9.77. The van der Waals surface area contributed by atoms with Crippen LogP contribution in [0.4, 0.5) is 0 Å². The number of halogens is 1. The number of carbonyl (C=O) groups excluding carboxylic acids is 2. The smallest absolute Gasteiger partial charge is 0.243 e. The molecule has 1 aliphatic carbocycles. The maximum absolute atomic E-state index is 13.7. The first-order chi connectivity index (χ1) is 17.1. The molecule has 1 fully saturated rings. The van der Waals surface area contributed by atoms with Gasteiger partial charge >= 0.3 is 0 Å². The average molecular weight is 489 g/mol. The highest BCUT2D eigenvalue weighted by atomic mass is 35.5. The van der Waals surface area contributed by atoms with Crippen molar-refractivity contribution in [2.75, 3.05) is 0 Å². The lowest BCUT2D eigenvalue weighted by Gasteiger charge is -2.32. The Bertz CT molecular complexity index is 1100. The van der Waals surface area contributed by atoms with Crippen LogP contribution in [0.2, 0.25) is 5.02 Å². The van der Waals surface area contributed by atoms with Crippen molar-refractivity contribution < 1.29 is 9.59 Å². The third-order valence-electron chi connectivity index (χ3n) is 6.68. The lowest BCUT2D eigenvalue weighted by atomic mass is 10.0. The van der Waals surface area contributed by atoms with Crippen LogP contribution in [0.3, 0.4) is 0 Å². The van der Waals surface area contributed by atoms with Crippen molar-refractivity contribution in [1.82, 2.24) is 10.2 Å². The molecular weight excluding hydrogens is 456 g/mol. The maximum Gasteiger partial charge on any atom is 0.243 e. The number of rotatable bonds is 10. The summed E-state index contributed by atoms with van der Waals surface area (Å²) in [5.74, 6) is -0.104. The number of aryl methyl sites for hydroxylation is 1. The van der Waals surface area contributed by atoms with Crippen LogP contribution >= 0.6 is 11.6 Å². The molecule has 5 heteroatoms. The predicted octanol–water partition coefficient (Wildman–Crippen LogP) is 5.97. The van der Waals surface area contributed by atoms with Gasteiger partial charge in [-0.2, -0.15) is 0 Å². The molecule has 1 N–H and O–H groups in total. The van der Waals surface area contributed by atoms with E-state index in [1.807, 2.05) is 84.9 Å². The fourth-order valence-corrected chi connectivity index (χ4v) is 5.01. The van der Waals surface area contributed by atoms with Crippen molar-refractivity contribution in [1.29, 1.82) is 0 Å². The first kappa shape index (κ1) is 25.0. The van der Waals surface area contributed by atoms with Gasteiger partial charge in [0.05, 0.1) is 0 Å². The van der Waals surface area contributed by atoms with Gasteiger partial charge in [0.25, 0.3) is 0 Å². The molecule has 1 atom stereocenters. The predicted molar refractivity (Wildman–Crippen MR) is 141 cm³/mol. The molecule has 0 aliphatic heterocycles. The zero-order chi connectivity index (χ0) is 24.5. The molecule has 0 heterocycles. The van der Waals surface area contributed by atoms with Gasteiger partial charge < -0.3 is 10.2 Å². The quantitative estimate of drug-likeness (QED) is 0.382. The van der Waals surface area contributed by atoms with E-state index in [9.17, 15) is 9.59 Å². The van der Waals surface area contributed by atoms with E-state index in [-0.39, 0.29) is 17.9 Å². The van der Waals surface area contributed by atoms with Gasteiger partial charge in [-0.1, -0.05) is 97.2 Å². The van der Waals surface area contributed by atoms with E-state index in [2.05, 4.69) is 5.32 Å². The molecule has 0 aromatic heterocycles. The van der Waals surface area contributed by atoms with Gasteiger partial charge in [0, 0.05) is 30.5 Å². The van der Waals surface area contributed by atoms with Crippen molar-refractivity contribution in [3.8, 4) is 0 Å². The Labute approximate surface area is 213 Å². The molecule has 0 radical (unpaired) electrons. The number of hydrogen-bond acceptors (Lipinski definition) is 2. The molecule has 4 nitrogen and oxygen atoms in total. The summed E-state index contributed by atoms with van der Waals surface area (Å²) in [6, 6.07) is 27.1. The Morgan fingerprint density at radius 2 is 1.49 bits per heavy atom. The molecule has 0 saturated heterocycles. The van der Waals surface area contributed by atoms with Crippen LogP contribution in [0.15, 0.2) is 84.9 Å². The Morgan fingerprint density at radius 1 is 0.857 bits per heavy atom. The standard InChI is InChI=1S/C30H33ClN2O2/c31-26-15-9-14-25(20-26)22-33(29(34)19-18-23-10-3-1-4-11-23)28(21-24-12-5-2-6-13-24)30(35)32-27-16-7-8-17-27/h1-6,9-15,20,27-28H,7-8,16-19,21-22H2,(H,32,35). The first-order valence-electron chi connectivity index (χ1n) is 12.5. The summed E-state index contributed by atoms with van der Waals surface area (Å²) < 4.78 is 0. The minimum atomic E-state index is -0.597. The van der Waals surface area contributed by atoms with Crippen molar-refractivity contribution in [2.45, 2.75) is 63.6 Å². The molecule has 1 saturated carbocycles. The Morgan fingerprint density at radius 3 is 2.14 bits per heavy atom. The summed E-state index contributed by atoms with van der Waals surface area (Å²) in [7, 11) is 0. The van der Waals surface area contributed by atoms with Crippen molar-refractivity contribution in [2.24, 2.45) is 0 Å². The third-order valence-corrected chi connectivity index (χ3v) is 6.92. The zero-order valence-electron chi connectivity index (χ0n) is 20.0. The summed E-state index contributed by atoms with van der Waals surface area (Å²) in [6.45, 7) is 0.337. The molecule has 0 spiro atoms. The van der Waals surface area contributed by atoms with Crippen LogP contribution in [0.25, 0.3) is 0 Å². The van der Waals surface area contributed by atoms with Crippen molar-refractivity contribution >= 4 is 23.4 Å². The largest absolute Gasteiger partial charge is 0.352 e. The van der Waals surface area contributed by atoms with Gasteiger partial charge in [0.15, 0.2) is 0 Å². The van der Waals surface area contributed by atoms with E-state index in [0.717, 1.165) is 42.4 Å². The minimum absolute atomic E-state index is 0.0312. The monoisotopic (exact) mass is 488 g/mol. The van der Waals surface area contributed by atoms with E-state index < -0.39 is 6.04 Å². The fraction of sp³-hybridized carbons (Fsp3) is 0.333. The minimum Gasteiger partial charge on any atom is -0.352 e. The molecule has 0 bridgehead atoms. The van der Waals surface area contributed by atoms with Crippen LogP contribution in [0.5, 0.6) is 0 Å². The highest BCUT2D eigenvalue weighted by Gasteiger charge is 2.32. The molecule has 2 amide bonds. The zero-order valence-corrected chi connectivity index (χ0v) is 20.8. The number of nitrogens with one attached hydrogen (secondary N) is 1. The van der Waals surface area contributed by atoms with Gasteiger partial charge in [0.1, 0.15) is 6.04 Å². The molecule has 182 valence electrons. The summed E-state index contributed by atoms with van der Waals surface area (Å²) in [6.07, 6.45) is 5.71. The molecule has 35 heavy (non-hydrogen) atoms. The van der Waals surface area contributed by atoms with Gasteiger partial charge in [-0.3, -0.25) is 9.59 Å². The highest BCUT2D eigenvalue weighted by molar-refractivity contribution is 6.30. The lowest BCUT2D eigenvalue weighted by molar-refractivity contribution is -0.141. The molecule has 3 aromatic rings. The van der Waals surface area contributed by atoms with Gasteiger partial charge in [-0.15, -0.1) is 0 Å². The number of hydrogen-bond donors (Lipinski definition) is 1. The highest BCUT2D eigenvalue weighted by Crippen LogP contribution is 2.21. The number of benzene rings is 3. The summed E-state index contributed by atoms with van der Waals surface area (Å²) in [5, 5.41) is 3.87. The topological polar surface area (TPSA) is 49.4 Å². The van der Waals surface area contributed by atoms with Crippen molar-refractivity contribution in [3.05, 3.63) is 107 Å². The van der Waals surface area contributed by atoms with E-state index in [1.165, 1.54) is 0 Å². The normalized spacial score (nSPS) is 14.4. The van der Waals surface area contributed by atoms with E-state index in [0.29, 0.717) is 30.8 Å². The molecule has 4 rings (SSSR count). The Balaban J connectivity index is 1.61. The SMILES string of the molecule is O=C(NC1CCCC1)C(Cc1ccccc1)N(Cc1cccc(Cl)c1)C(=O)CCc1ccccc1. The molecule has 3 aromatic carbocycles. The number of carbonyl (C=O) groups is 2. The van der Waals surface area contributed by atoms with Gasteiger partial charge in [-0.05, 0) is 48.1 Å². The fourth-order valence-electron chi connectivity index (χ4n) is 4.79. The summed E-state index contributed by atoms with van der Waals surface area (Å²) in [4.78, 5) is 29.1. The molecule has 1 unspecified atom stereocenters. The third kappa shape index (κ3) is 7.43. The lowest BCUT2D eigenvalue weighted by Crippen LogP contribution is -2.52. The molecular formula is C30H33ClN2O2. The Kier molecular flexibility index (Phi) is 8.96. The number of nitrogens with zero attached hydrogens (tertiary/aromatic N) is 1. The maximum atomic E-state index is 13.7. The van der Waals surface area contributed by atoms with Gasteiger partial charge in [0.2, 0.25) is 11.8 Å². The average Bonchev–Trinajstić information content (AvgIpc) is 3.39. The number of amides is 2. The second kappa shape index (κ2) is 12.6. The van der Waals surface area contributed by atoms with Crippen LogP contribution in [-0.4, -0.2) is 28.8 Å². The summed E-state index contributed by atoms with van der Waals surface area (Å²) in [5.41, 5.74) is 3.06. The van der Waals surface area contributed by atoms with E-state index >= 15 is 0 Å². The van der Waals surface area contributed by atoms with E-state index in [4.69, 9.17) is 11.6 Å². The van der Waals surface area contributed by atoms with E-state index in [1.54, 1.807) is 4.90 Å². The summed E-state index contributed by atoms with van der Waals surface area (Å²) >= 11 is 6.25. The van der Waals surface area contributed by atoms with Crippen LogP contribution in [-0.2, 0) is 29.0 Å². The second-order valence-electron chi connectivity index (χ2n) is 9.33. The van der Waals surface area contributed by atoms with Crippen LogP contribution < -0.4 is 5.32 Å². The molecule has 1 aliphatic rings. The Hall–Kier alpha value is -3.11. The van der Waals surface area contributed by atoms with Crippen molar-refractivity contribution in [3.63, 3.8) is 0 Å².